The van der Waals surface area contributed by atoms with E-state index in [0.29, 0.717) is 19.3 Å². The molecule has 0 aromatic heterocycles. The third kappa shape index (κ3) is 52.3. The number of esters is 3. The van der Waals surface area contributed by atoms with Gasteiger partial charge in [-0.2, -0.15) is 0 Å². The van der Waals surface area contributed by atoms with E-state index in [9.17, 15) is 14.4 Å². The van der Waals surface area contributed by atoms with Crippen molar-refractivity contribution in [1.82, 2.24) is 0 Å². The summed E-state index contributed by atoms with van der Waals surface area (Å²) in [5, 5.41) is 0. The first-order chi connectivity index (χ1) is 32.5. The van der Waals surface area contributed by atoms with Gasteiger partial charge >= 0.3 is 17.9 Å². The molecule has 1 atom stereocenters. The molecule has 384 valence electrons. The number of carbonyl (C=O) groups excluding carboxylic acids is 3. The highest BCUT2D eigenvalue weighted by atomic mass is 16.6. The van der Waals surface area contributed by atoms with Crippen LogP contribution in [0, 0.1) is 0 Å². The molecular weight excluding hydrogens is 817 g/mol. The average Bonchev–Trinajstić information content (AvgIpc) is 3.31. The molecule has 0 N–H and O–H groups in total. The Bertz CT molecular complexity index is 1150. The van der Waals surface area contributed by atoms with Gasteiger partial charge in [0.25, 0.3) is 0 Å². The summed E-state index contributed by atoms with van der Waals surface area (Å²) in [6, 6.07) is 0. The molecule has 0 rings (SSSR count). The minimum absolute atomic E-state index is 0.0799. The van der Waals surface area contributed by atoms with Gasteiger partial charge in [0, 0.05) is 19.3 Å². The zero-order valence-electron chi connectivity index (χ0n) is 44.0. The van der Waals surface area contributed by atoms with Crippen molar-refractivity contribution < 1.29 is 28.6 Å². The van der Waals surface area contributed by atoms with Gasteiger partial charge in [-0.05, 0) is 77.0 Å². The first kappa shape index (κ1) is 63.4. The Balaban J connectivity index is 4.35. The van der Waals surface area contributed by atoms with Crippen LogP contribution in [0.25, 0.3) is 0 Å². The van der Waals surface area contributed by atoms with Gasteiger partial charge in [0.1, 0.15) is 13.2 Å². The molecule has 0 saturated carbocycles. The second-order valence-electron chi connectivity index (χ2n) is 19.2. The summed E-state index contributed by atoms with van der Waals surface area (Å²) in [4.78, 5) is 38.1. The second kappa shape index (κ2) is 55.0. The fourth-order valence-electron chi connectivity index (χ4n) is 8.28. The van der Waals surface area contributed by atoms with Crippen molar-refractivity contribution in [3.05, 3.63) is 48.6 Å². The van der Waals surface area contributed by atoms with Gasteiger partial charge in [-0.15, -0.1) is 0 Å². The van der Waals surface area contributed by atoms with E-state index < -0.39 is 6.10 Å². The number of allylic oxidation sites excluding steroid dienone is 8. The third-order valence-corrected chi connectivity index (χ3v) is 12.6. The van der Waals surface area contributed by atoms with Gasteiger partial charge in [-0.3, -0.25) is 14.4 Å². The largest absolute Gasteiger partial charge is 0.462 e. The summed E-state index contributed by atoms with van der Waals surface area (Å²) in [7, 11) is 0. The molecule has 0 unspecified atom stereocenters. The van der Waals surface area contributed by atoms with Crippen LogP contribution in [0.2, 0.25) is 0 Å². The van der Waals surface area contributed by atoms with Crippen LogP contribution in [0.15, 0.2) is 48.6 Å². The van der Waals surface area contributed by atoms with Crippen LogP contribution in [0.1, 0.15) is 297 Å². The van der Waals surface area contributed by atoms with Crippen LogP contribution in [0.5, 0.6) is 0 Å². The van der Waals surface area contributed by atoms with Crippen LogP contribution in [-0.2, 0) is 28.6 Å². The van der Waals surface area contributed by atoms with Gasteiger partial charge in [-0.1, -0.05) is 249 Å². The average molecular weight is 926 g/mol. The highest BCUT2D eigenvalue weighted by molar-refractivity contribution is 5.71. The molecule has 0 aliphatic carbocycles. The molecule has 6 nitrogen and oxygen atoms in total. The maximum absolute atomic E-state index is 12.8. The van der Waals surface area contributed by atoms with E-state index in [2.05, 4.69) is 69.4 Å². The van der Waals surface area contributed by atoms with Gasteiger partial charge in [0.15, 0.2) is 6.10 Å². The first-order valence-corrected chi connectivity index (χ1v) is 28.6. The number of unbranched alkanes of at least 4 members (excludes halogenated alkanes) is 33. The van der Waals surface area contributed by atoms with Crippen molar-refractivity contribution in [2.45, 2.75) is 303 Å². The predicted octanol–water partition coefficient (Wildman–Crippen LogP) is 19.0. The quantitative estimate of drug-likeness (QED) is 0.0262. The highest BCUT2D eigenvalue weighted by Gasteiger charge is 2.19. The lowest BCUT2D eigenvalue weighted by Crippen LogP contribution is -2.30. The molecule has 66 heavy (non-hydrogen) atoms. The summed E-state index contributed by atoms with van der Waals surface area (Å²) < 4.78 is 16.8. The van der Waals surface area contributed by atoms with Gasteiger partial charge in [-0.25, -0.2) is 0 Å². The number of carbonyl (C=O) groups is 3. The Morgan fingerprint density at radius 3 is 0.939 bits per heavy atom. The van der Waals surface area contributed by atoms with Crippen molar-refractivity contribution in [3.63, 3.8) is 0 Å². The zero-order chi connectivity index (χ0) is 47.9. The molecule has 0 radical (unpaired) electrons. The minimum Gasteiger partial charge on any atom is -0.462 e. The molecule has 0 aromatic rings. The summed E-state index contributed by atoms with van der Waals surface area (Å²) in [5.41, 5.74) is 0. The predicted molar refractivity (Wildman–Crippen MR) is 284 cm³/mol. The lowest BCUT2D eigenvalue weighted by atomic mass is 10.0. The van der Waals surface area contributed by atoms with Crippen molar-refractivity contribution >= 4 is 17.9 Å². The zero-order valence-corrected chi connectivity index (χ0v) is 44.0. The van der Waals surface area contributed by atoms with Crippen molar-refractivity contribution in [1.29, 1.82) is 0 Å². The first-order valence-electron chi connectivity index (χ1n) is 28.6. The molecular formula is C60H108O6. The van der Waals surface area contributed by atoms with Crippen LogP contribution in [-0.4, -0.2) is 37.2 Å². The molecule has 0 aromatic carbocycles. The number of rotatable bonds is 52. The van der Waals surface area contributed by atoms with Gasteiger partial charge in [0.05, 0.1) is 0 Å². The van der Waals surface area contributed by atoms with E-state index in [1.54, 1.807) is 0 Å². The molecule has 0 saturated heterocycles. The Morgan fingerprint density at radius 1 is 0.318 bits per heavy atom. The van der Waals surface area contributed by atoms with Gasteiger partial charge in [0.2, 0.25) is 0 Å². The molecule has 0 aliphatic rings. The lowest BCUT2D eigenvalue weighted by molar-refractivity contribution is -0.167. The van der Waals surface area contributed by atoms with Crippen molar-refractivity contribution in [3.8, 4) is 0 Å². The number of hydrogen-bond donors (Lipinski definition) is 0. The number of ether oxygens (including phenoxy) is 3. The summed E-state index contributed by atoms with van der Waals surface area (Å²) >= 11 is 0. The molecule has 0 heterocycles. The maximum atomic E-state index is 12.8. The Hall–Kier alpha value is -2.63. The molecule has 0 spiro atoms. The molecule has 0 amide bonds. The summed E-state index contributed by atoms with van der Waals surface area (Å²) in [6.07, 6.45) is 66.7. The molecule has 0 aliphatic heterocycles. The molecule has 0 bridgehead atoms. The summed E-state index contributed by atoms with van der Waals surface area (Å²) in [5.74, 6) is -0.892. The van der Waals surface area contributed by atoms with Crippen molar-refractivity contribution in [2.75, 3.05) is 13.2 Å². The second-order valence-corrected chi connectivity index (χ2v) is 19.2. The van der Waals surface area contributed by atoms with E-state index >= 15 is 0 Å². The van der Waals surface area contributed by atoms with Crippen LogP contribution < -0.4 is 0 Å². The van der Waals surface area contributed by atoms with Crippen molar-refractivity contribution in [2.24, 2.45) is 0 Å². The van der Waals surface area contributed by atoms with E-state index in [1.165, 1.54) is 154 Å². The normalized spacial score (nSPS) is 12.3. The van der Waals surface area contributed by atoms with Crippen LogP contribution >= 0.6 is 0 Å². The maximum Gasteiger partial charge on any atom is 0.306 e. The Morgan fingerprint density at radius 2 is 0.591 bits per heavy atom. The van der Waals surface area contributed by atoms with E-state index in [-0.39, 0.29) is 31.1 Å². The van der Waals surface area contributed by atoms with E-state index in [4.69, 9.17) is 14.2 Å². The van der Waals surface area contributed by atoms with E-state index in [1.807, 2.05) is 0 Å². The fraction of sp³-hybridized carbons (Fsp3) is 0.817. The number of hydrogen-bond acceptors (Lipinski definition) is 6. The third-order valence-electron chi connectivity index (χ3n) is 12.6. The fourth-order valence-corrected chi connectivity index (χ4v) is 8.28. The highest BCUT2D eigenvalue weighted by Crippen LogP contribution is 2.16. The van der Waals surface area contributed by atoms with E-state index in [0.717, 1.165) is 103 Å². The smallest absolute Gasteiger partial charge is 0.306 e. The monoisotopic (exact) mass is 925 g/mol. The van der Waals surface area contributed by atoms with Gasteiger partial charge < -0.3 is 14.2 Å². The lowest BCUT2D eigenvalue weighted by Gasteiger charge is -2.18. The minimum atomic E-state index is -0.783. The molecule has 6 heteroatoms. The van der Waals surface area contributed by atoms with Crippen LogP contribution in [0.3, 0.4) is 0 Å². The summed E-state index contributed by atoms with van der Waals surface area (Å²) in [6.45, 7) is 6.53. The SMILES string of the molecule is CC/C=C\C/C=C\C/C=C\CCCCCCCC(=O)O[C@H](COC(=O)CCCCCCC/C=C\CCCCCCC)COC(=O)CCCCCCCCCCCCCCCCCCCCC. The Kier molecular flexibility index (Phi) is 52.8. The standard InChI is InChI=1S/C60H108O6/c1-4-7-10-13-16-19-22-25-28-29-30-31-33-35-38-41-44-47-50-53-59(62)65-56-57(55-64-58(61)52-49-46-43-40-37-34-27-24-21-18-15-12-9-6-3)66-60(63)54-51-48-45-42-39-36-32-26-23-20-17-14-11-8-5-2/h8,11,17,20,24,26-27,32,57H,4-7,9-10,12-16,18-19,21-23,25,28-31,33-56H2,1-3H3/b11-8-,20-17-,27-24-,32-26-/t57-/m1/s1. The topological polar surface area (TPSA) is 78.9 Å². The Labute approximate surface area is 409 Å². The molecule has 0 fully saturated rings. The van der Waals surface area contributed by atoms with Crippen LogP contribution in [0.4, 0.5) is 0 Å².